The number of nitro benzene ring substituents is 1. The molecule has 0 bridgehead atoms. The van der Waals surface area contributed by atoms with Crippen LogP contribution in [0.5, 0.6) is 0 Å². The van der Waals surface area contributed by atoms with Crippen molar-refractivity contribution in [2.45, 2.75) is 19.0 Å². The molecule has 9 heteroatoms. The summed E-state index contributed by atoms with van der Waals surface area (Å²) < 4.78 is 5.34. The number of nitrogens with zero attached hydrogens (tertiary/aromatic N) is 4. The van der Waals surface area contributed by atoms with Gasteiger partial charge in [-0.3, -0.25) is 14.9 Å². The first kappa shape index (κ1) is 21.5. The van der Waals surface area contributed by atoms with Crippen molar-refractivity contribution >= 4 is 23.0 Å². The number of nitriles is 1. The average Bonchev–Trinajstić information content (AvgIpc) is 3.39. The Kier molecular flexibility index (Phi) is 5.64. The van der Waals surface area contributed by atoms with Gasteiger partial charge in [-0.2, -0.15) is 5.26 Å². The molecule has 1 saturated heterocycles. The molecule has 34 heavy (non-hydrogen) atoms. The van der Waals surface area contributed by atoms with Gasteiger partial charge in [0.05, 0.1) is 40.9 Å². The number of hydrogen-bond acceptors (Lipinski definition) is 7. The highest BCUT2D eigenvalue weighted by Gasteiger charge is 2.42. The molecule has 2 aliphatic heterocycles. The summed E-state index contributed by atoms with van der Waals surface area (Å²) in [5.74, 6) is 0.116. The molecular formula is C25H23N5O4. The topological polar surface area (TPSA) is 116 Å². The molecule has 1 fully saturated rings. The molecule has 0 radical (unpaired) electrons. The lowest BCUT2D eigenvalue weighted by atomic mass is 9.83. The van der Waals surface area contributed by atoms with Gasteiger partial charge in [0.25, 0.3) is 5.69 Å². The van der Waals surface area contributed by atoms with Gasteiger partial charge in [0.15, 0.2) is 0 Å². The number of hydrogen-bond donors (Lipinski definition) is 1. The van der Waals surface area contributed by atoms with E-state index in [1.165, 1.54) is 6.07 Å². The van der Waals surface area contributed by atoms with Crippen LogP contribution in [0.2, 0.25) is 0 Å². The zero-order valence-corrected chi connectivity index (χ0v) is 18.4. The molecule has 3 aromatic rings. The van der Waals surface area contributed by atoms with E-state index in [4.69, 9.17) is 4.42 Å². The fraction of sp³-hybridized carbons (Fsp3) is 0.280. The van der Waals surface area contributed by atoms with E-state index in [1.54, 1.807) is 36.6 Å². The fourth-order valence-corrected chi connectivity index (χ4v) is 5.00. The van der Waals surface area contributed by atoms with E-state index in [2.05, 4.69) is 21.2 Å². The first-order valence-corrected chi connectivity index (χ1v) is 11.1. The summed E-state index contributed by atoms with van der Waals surface area (Å²) in [4.78, 5) is 28.6. The number of amides is 1. The van der Waals surface area contributed by atoms with E-state index < -0.39 is 10.8 Å². The SMILES string of the molecule is N#Cc1ccccc1N1CCN2c3ccc([N+](=O)[O-])cc3CC(C(=O)NCc3ccco3)C2C1. The number of benzene rings is 2. The van der Waals surface area contributed by atoms with Gasteiger partial charge in [-0.25, -0.2) is 0 Å². The van der Waals surface area contributed by atoms with Crippen molar-refractivity contribution in [2.24, 2.45) is 5.92 Å². The summed E-state index contributed by atoms with van der Waals surface area (Å²) in [5.41, 5.74) is 3.21. The van der Waals surface area contributed by atoms with Gasteiger partial charge in [-0.15, -0.1) is 0 Å². The molecule has 172 valence electrons. The first-order chi connectivity index (χ1) is 16.5. The van der Waals surface area contributed by atoms with Gasteiger partial charge < -0.3 is 19.5 Å². The highest BCUT2D eigenvalue weighted by Crippen LogP contribution is 2.39. The second-order valence-corrected chi connectivity index (χ2v) is 8.51. The van der Waals surface area contributed by atoms with Crippen LogP contribution in [0.3, 0.4) is 0 Å². The predicted molar refractivity (Wildman–Crippen MR) is 125 cm³/mol. The number of fused-ring (bicyclic) bond motifs is 3. The number of anilines is 2. The van der Waals surface area contributed by atoms with Crippen molar-refractivity contribution in [1.29, 1.82) is 5.26 Å². The van der Waals surface area contributed by atoms with Gasteiger partial charge in [-0.1, -0.05) is 12.1 Å². The molecule has 2 unspecified atom stereocenters. The Labute approximate surface area is 196 Å². The minimum absolute atomic E-state index is 0.0218. The Morgan fingerprint density at radius 1 is 1.18 bits per heavy atom. The first-order valence-electron chi connectivity index (χ1n) is 11.1. The van der Waals surface area contributed by atoms with Crippen LogP contribution in [0.15, 0.2) is 65.3 Å². The summed E-state index contributed by atoms with van der Waals surface area (Å²) in [5, 5.41) is 23.9. The van der Waals surface area contributed by atoms with Crippen molar-refractivity contribution in [1.82, 2.24) is 5.32 Å². The third-order valence-electron chi connectivity index (χ3n) is 6.63. The van der Waals surface area contributed by atoms with Crippen molar-refractivity contribution in [2.75, 3.05) is 29.4 Å². The van der Waals surface area contributed by atoms with Gasteiger partial charge in [0.1, 0.15) is 11.8 Å². The molecule has 9 nitrogen and oxygen atoms in total. The maximum atomic E-state index is 13.4. The number of nitrogens with one attached hydrogen (secondary N) is 1. The van der Waals surface area contributed by atoms with E-state index in [0.29, 0.717) is 37.4 Å². The van der Waals surface area contributed by atoms with Crippen molar-refractivity contribution in [3.63, 3.8) is 0 Å². The minimum atomic E-state index is -0.415. The maximum absolute atomic E-state index is 13.4. The quantitative estimate of drug-likeness (QED) is 0.462. The van der Waals surface area contributed by atoms with Gasteiger partial charge in [0.2, 0.25) is 5.91 Å². The Balaban J connectivity index is 1.46. The lowest BCUT2D eigenvalue weighted by molar-refractivity contribution is -0.384. The van der Waals surface area contributed by atoms with Crippen LogP contribution < -0.4 is 15.1 Å². The molecule has 2 aromatic carbocycles. The second-order valence-electron chi connectivity index (χ2n) is 8.51. The molecule has 1 N–H and O–H groups in total. The standard InChI is InChI=1S/C25H23N5O4/c26-14-17-4-1-2-6-22(17)28-9-10-29-23-8-7-19(30(32)33)12-18(23)13-21(24(29)16-28)25(31)27-15-20-5-3-11-34-20/h1-8,11-12,21,24H,9-10,13,15-16H2,(H,27,31). The Hall–Kier alpha value is -4.32. The van der Waals surface area contributed by atoms with Crippen molar-refractivity contribution in [3.8, 4) is 6.07 Å². The summed E-state index contributed by atoms with van der Waals surface area (Å²) in [6, 6.07) is 18.0. The molecule has 0 spiro atoms. The lowest BCUT2D eigenvalue weighted by Crippen LogP contribution is -2.61. The maximum Gasteiger partial charge on any atom is 0.269 e. The van der Waals surface area contributed by atoms with Gasteiger partial charge in [0, 0.05) is 37.5 Å². The minimum Gasteiger partial charge on any atom is -0.467 e. The van der Waals surface area contributed by atoms with Crippen LogP contribution in [0, 0.1) is 27.4 Å². The number of para-hydroxylation sites is 1. The fourth-order valence-electron chi connectivity index (χ4n) is 5.00. The number of carbonyl (C=O) groups excluding carboxylic acids is 1. The summed E-state index contributed by atoms with van der Waals surface area (Å²) in [6.07, 6.45) is 1.96. The largest absolute Gasteiger partial charge is 0.467 e. The number of carbonyl (C=O) groups is 1. The second kappa shape index (κ2) is 8.90. The summed E-state index contributed by atoms with van der Waals surface area (Å²) in [7, 11) is 0. The third kappa shape index (κ3) is 3.94. The zero-order chi connectivity index (χ0) is 23.7. The summed E-state index contributed by atoms with van der Waals surface area (Å²) in [6.45, 7) is 2.15. The van der Waals surface area contributed by atoms with Crippen LogP contribution in [-0.2, 0) is 17.8 Å². The third-order valence-corrected chi connectivity index (χ3v) is 6.63. The molecule has 1 aromatic heterocycles. The highest BCUT2D eigenvalue weighted by molar-refractivity contribution is 5.82. The van der Waals surface area contributed by atoms with Crippen LogP contribution in [-0.4, -0.2) is 36.5 Å². The van der Waals surface area contributed by atoms with Crippen LogP contribution in [0.25, 0.3) is 0 Å². The molecular weight excluding hydrogens is 434 g/mol. The molecule has 1 amide bonds. The van der Waals surface area contributed by atoms with Crippen molar-refractivity contribution in [3.05, 3.63) is 87.9 Å². The van der Waals surface area contributed by atoms with Gasteiger partial charge >= 0.3 is 0 Å². The monoisotopic (exact) mass is 457 g/mol. The van der Waals surface area contributed by atoms with E-state index in [0.717, 1.165) is 16.9 Å². The van der Waals surface area contributed by atoms with Gasteiger partial charge in [-0.05, 0) is 42.3 Å². The molecule has 3 heterocycles. The smallest absolute Gasteiger partial charge is 0.269 e. The lowest BCUT2D eigenvalue weighted by Gasteiger charge is -2.49. The van der Waals surface area contributed by atoms with E-state index in [-0.39, 0.29) is 24.2 Å². The van der Waals surface area contributed by atoms with Crippen molar-refractivity contribution < 1.29 is 14.1 Å². The predicted octanol–water partition coefficient (Wildman–Crippen LogP) is 3.24. The molecule has 2 aliphatic rings. The average molecular weight is 457 g/mol. The Bertz CT molecular complexity index is 1270. The molecule has 0 saturated carbocycles. The van der Waals surface area contributed by atoms with Crippen LogP contribution in [0.1, 0.15) is 16.9 Å². The molecule has 0 aliphatic carbocycles. The number of furan rings is 1. The van der Waals surface area contributed by atoms with E-state index in [9.17, 15) is 20.2 Å². The molecule has 2 atom stereocenters. The Morgan fingerprint density at radius 3 is 2.79 bits per heavy atom. The van der Waals surface area contributed by atoms with Crippen LogP contribution in [0.4, 0.5) is 17.1 Å². The normalized spacial score (nSPS) is 19.0. The van der Waals surface area contributed by atoms with Crippen LogP contribution >= 0.6 is 0 Å². The number of nitro groups is 1. The molecule has 5 rings (SSSR count). The summed E-state index contributed by atoms with van der Waals surface area (Å²) >= 11 is 0. The van der Waals surface area contributed by atoms with E-state index >= 15 is 0 Å². The zero-order valence-electron chi connectivity index (χ0n) is 18.4. The van der Waals surface area contributed by atoms with E-state index in [1.807, 2.05) is 18.2 Å². The highest BCUT2D eigenvalue weighted by atomic mass is 16.6. The number of rotatable bonds is 5. The number of piperazine rings is 1. The number of non-ortho nitro benzene ring substituents is 1. The Morgan fingerprint density at radius 2 is 2.03 bits per heavy atom.